The molecular weight excluding hydrogens is 290 g/mol. The van der Waals surface area contributed by atoms with Gasteiger partial charge in [0.1, 0.15) is 5.82 Å². The van der Waals surface area contributed by atoms with Crippen LogP contribution in [0.3, 0.4) is 0 Å². The minimum absolute atomic E-state index is 0.541. The summed E-state index contributed by atoms with van der Waals surface area (Å²) in [4.78, 5) is 6.33. The molecule has 0 fully saturated rings. The van der Waals surface area contributed by atoms with Gasteiger partial charge in [-0.15, -0.1) is 0 Å². The van der Waals surface area contributed by atoms with Crippen LogP contribution in [-0.2, 0) is 6.54 Å². The molecular formula is C14H16BrN3. The fourth-order valence-electron chi connectivity index (χ4n) is 1.86. The summed E-state index contributed by atoms with van der Waals surface area (Å²) in [5.74, 6) is 0.541. The van der Waals surface area contributed by atoms with E-state index < -0.39 is 0 Å². The maximum atomic E-state index is 5.75. The van der Waals surface area contributed by atoms with Gasteiger partial charge in [-0.1, -0.05) is 30.3 Å². The van der Waals surface area contributed by atoms with E-state index in [1.54, 1.807) is 6.20 Å². The molecule has 0 amide bonds. The number of benzene rings is 1. The van der Waals surface area contributed by atoms with Crippen molar-refractivity contribution in [2.45, 2.75) is 13.5 Å². The van der Waals surface area contributed by atoms with Gasteiger partial charge in [-0.2, -0.15) is 0 Å². The number of nitrogens with two attached hydrogens (primary N) is 1. The van der Waals surface area contributed by atoms with Crippen LogP contribution in [0.5, 0.6) is 0 Å². The lowest BCUT2D eigenvalue weighted by molar-refractivity contribution is 0.828. The lowest BCUT2D eigenvalue weighted by atomic mass is 10.2. The van der Waals surface area contributed by atoms with Crippen LogP contribution in [0.25, 0.3) is 0 Å². The summed E-state index contributed by atoms with van der Waals surface area (Å²) in [5, 5.41) is 0. The van der Waals surface area contributed by atoms with Crippen molar-refractivity contribution in [3.8, 4) is 0 Å². The monoisotopic (exact) mass is 305 g/mol. The number of halogens is 1. The molecule has 0 radical (unpaired) electrons. The Labute approximate surface area is 116 Å². The zero-order valence-electron chi connectivity index (χ0n) is 10.3. The Kier molecular flexibility index (Phi) is 4.20. The van der Waals surface area contributed by atoms with E-state index in [1.807, 2.05) is 12.1 Å². The summed E-state index contributed by atoms with van der Waals surface area (Å²) in [6, 6.07) is 12.3. The molecule has 18 heavy (non-hydrogen) atoms. The number of aromatic nitrogens is 1. The third-order valence-corrected chi connectivity index (χ3v) is 3.41. The van der Waals surface area contributed by atoms with Crippen molar-refractivity contribution < 1.29 is 0 Å². The van der Waals surface area contributed by atoms with Gasteiger partial charge in [-0.05, 0) is 28.4 Å². The molecule has 0 saturated carbocycles. The standard InChI is InChI=1S/C14H16BrN3/c1-2-18(10-11-6-4-3-5-7-11)13-8-14(16)17-9-12(13)15/h3-9H,2,10H2,1H3,(H2,16,17). The fourth-order valence-corrected chi connectivity index (χ4v) is 2.32. The Balaban J connectivity index is 2.26. The summed E-state index contributed by atoms with van der Waals surface area (Å²) in [7, 11) is 0. The molecule has 1 heterocycles. The van der Waals surface area contributed by atoms with Gasteiger partial charge in [0.2, 0.25) is 0 Å². The Morgan fingerprint density at radius 2 is 2.00 bits per heavy atom. The molecule has 0 bridgehead atoms. The maximum absolute atomic E-state index is 5.75. The van der Waals surface area contributed by atoms with Crippen LogP contribution >= 0.6 is 15.9 Å². The van der Waals surface area contributed by atoms with Crippen LogP contribution in [0.15, 0.2) is 47.1 Å². The van der Waals surface area contributed by atoms with Gasteiger partial charge in [-0.3, -0.25) is 0 Å². The summed E-state index contributed by atoms with van der Waals surface area (Å²) < 4.78 is 0.967. The number of nitrogens with zero attached hydrogens (tertiary/aromatic N) is 2. The van der Waals surface area contributed by atoms with Gasteiger partial charge in [0.25, 0.3) is 0 Å². The number of nitrogen functional groups attached to an aromatic ring is 1. The van der Waals surface area contributed by atoms with Crippen molar-refractivity contribution in [1.82, 2.24) is 4.98 Å². The molecule has 0 aliphatic heterocycles. The summed E-state index contributed by atoms with van der Waals surface area (Å²) in [6.45, 7) is 3.91. The van der Waals surface area contributed by atoms with Gasteiger partial charge in [0.05, 0.1) is 10.2 Å². The molecule has 0 unspecified atom stereocenters. The molecule has 2 N–H and O–H groups in total. The van der Waals surface area contributed by atoms with E-state index in [2.05, 4.69) is 57.0 Å². The van der Waals surface area contributed by atoms with E-state index in [0.29, 0.717) is 5.82 Å². The molecule has 2 rings (SSSR count). The Bertz CT molecular complexity index is 514. The second-order valence-corrected chi connectivity index (χ2v) is 4.91. The molecule has 4 heteroatoms. The lowest BCUT2D eigenvalue weighted by Gasteiger charge is -2.24. The van der Waals surface area contributed by atoms with Gasteiger partial charge in [0, 0.05) is 25.4 Å². The number of anilines is 2. The van der Waals surface area contributed by atoms with Crippen LogP contribution < -0.4 is 10.6 Å². The first kappa shape index (κ1) is 12.9. The number of rotatable bonds is 4. The topological polar surface area (TPSA) is 42.1 Å². The average molecular weight is 306 g/mol. The number of hydrogen-bond donors (Lipinski definition) is 1. The molecule has 2 aromatic rings. The van der Waals surface area contributed by atoms with Gasteiger partial charge < -0.3 is 10.6 Å². The molecule has 94 valence electrons. The molecule has 0 aliphatic rings. The SMILES string of the molecule is CCN(Cc1ccccc1)c1cc(N)ncc1Br. The highest BCUT2D eigenvalue weighted by molar-refractivity contribution is 9.10. The van der Waals surface area contributed by atoms with Crippen molar-refractivity contribution in [2.75, 3.05) is 17.2 Å². The zero-order chi connectivity index (χ0) is 13.0. The molecule has 1 aromatic carbocycles. The van der Waals surface area contributed by atoms with Gasteiger partial charge >= 0.3 is 0 Å². The Hall–Kier alpha value is -1.55. The molecule has 3 nitrogen and oxygen atoms in total. The third kappa shape index (κ3) is 3.01. The van der Waals surface area contributed by atoms with Crippen molar-refractivity contribution in [2.24, 2.45) is 0 Å². The molecule has 1 aromatic heterocycles. The highest BCUT2D eigenvalue weighted by Gasteiger charge is 2.10. The van der Waals surface area contributed by atoms with E-state index in [-0.39, 0.29) is 0 Å². The summed E-state index contributed by atoms with van der Waals surface area (Å²) in [6.07, 6.45) is 1.75. The van der Waals surface area contributed by atoms with Crippen molar-refractivity contribution >= 4 is 27.4 Å². The second-order valence-electron chi connectivity index (χ2n) is 4.06. The summed E-state index contributed by atoms with van der Waals surface area (Å²) in [5.41, 5.74) is 8.11. The smallest absolute Gasteiger partial charge is 0.125 e. The molecule has 0 atom stereocenters. The first-order chi connectivity index (χ1) is 8.70. The largest absolute Gasteiger partial charge is 0.384 e. The van der Waals surface area contributed by atoms with E-state index in [4.69, 9.17) is 5.73 Å². The Morgan fingerprint density at radius 3 is 2.67 bits per heavy atom. The van der Waals surface area contributed by atoms with Crippen LogP contribution in [0.2, 0.25) is 0 Å². The van der Waals surface area contributed by atoms with E-state index >= 15 is 0 Å². The van der Waals surface area contributed by atoms with Crippen molar-refractivity contribution in [3.05, 3.63) is 52.6 Å². The second kappa shape index (κ2) is 5.87. The Morgan fingerprint density at radius 1 is 1.28 bits per heavy atom. The minimum atomic E-state index is 0.541. The highest BCUT2D eigenvalue weighted by atomic mass is 79.9. The number of hydrogen-bond acceptors (Lipinski definition) is 3. The third-order valence-electron chi connectivity index (χ3n) is 2.79. The predicted molar refractivity (Wildman–Crippen MR) is 79.5 cm³/mol. The molecule has 0 spiro atoms. The van der Waals surface area contributed by atoms with Crippen molar-refractivity contribution in [1.29, 1.82) is 0 Å². The van der Waals surface area contributed by atoms with E-state index in [1.165, 1.54) is 5.56 Å². The van der Waals surface area contributed by atoms with Crippen LogP contribution in [0.4, 0.5) is 11.5 Å². The highest BCUT2D eigenvalue weighted by Crippen LogP contribution is 2.28. The molecule has 0 saturated heterocycles. The quantitative estimate of drug-likeness (QED) is 0.940. The maximum Gasteiger partial charge on any atom is 0.125 e. The van der Waals surface area contributed by atoms with Crippen molar-refractivity contribution in [3.63, 3.8) is 0 Å². The number of pyridine rings is 1. The van der Waals surface area contributed by atoms with Crippen LogP contribution in [0, 0.1) is 0 Å². The van der Waals surface area contributed by atoms with E-state index in [0.717, 1.165) is 23.2 Å². The minimum Gasteiger partial charge on any atom is -0.384 e. The van der Waals surface area contributed by atoms with Gasteiger partial charge in [-0.25, -0.2) is 4.98 Å². The fraction of sp³-hybridized carbons (Fsp3) is 0.214. The summed E-state index contributed by atoms with van der Waals surface area (Å²) >= 11 is 3.53. The first-order valence-corrected chi connectivity index (χ1v) is 6.70. The predicted octanol–water partition coefficient (Wildman–Crippen LogP) is 3.45. The zero-order valence-corrected chi connectivity index (χ0v) is 11.9. The van der Waals surface area contributed by atoms with Crippen LogP contribution in [0.1, 0.15) is 12.5 Å². The normalized spacial score (nSPS) is 10.3. The molecule has 0 aliphatic carbocycles. The first-order valence-electron chi connectivity index (χ1n) is 5.90. The average Bonchev–Trinajstić information content (AvgIpc) is 2.40. The van der Waals surface area contributed by atoms with E-state index in [9.17, 15) is 0 Å². The lowest BCUT2D eigenvalue weighted by Crippen LogP contribution is -2.22. The van der Waals surface area contributed by atoms with Gasteiger partial charge in [0.15, 0.2) is 0 Å². The van der Waals surface area contributed by atoms with Crippen LogP contribution in [-0.4, -0.2) is 11.5 Å².